The van der Waals surface area contributed by atoms with Gasteiger partial charge in [-0.2, -0.15) is 5.10 Å². The number of ether oxygens (including phenoxy) is 1. The quantitative estimate of drug-likeness (QED) is 0.575. The summed E-state index contributed by atoms with van der Waals surface area (Å²) < 4.78 is 5.26. The molecule has 0 saturated carbocycles. The Labute approximate surface area is 200 Å². The van der Waals surface area contributed by atoms with Crippen molar-refractivity contribution in [3.63, 3.8) is 0 Å². The number of nitrogens with zero attached hydrogens (tertiary/aromatic N) is 3. The van der Waals surface area contributed by atoms with Crippen LogP contribution in [0, 0.1) is 6.92 Å². The van der Waals surface area contributed by atoms with E-state index in [1.54, 1.807) is 11.9 Å². The maximum atomic E-state index is 13.5. The SMILES string of the molecule is CCOC(=O)C1CCCCN1CC(=O)N1N=C(c2ccccc2Cl)CC1c1ccc(C)cc1. The van der Waals surface area contributed by atoms with Crippen molar-refractivity contribution < 1.29 is 14.3 Å². The third-order valence-electron chi connectivity index (χ3n) is 6.32. The second kappa shape index (κ2) is 10.5. The molecule has 2 heterocycles. The first-order valence-corrected chi connectivity index (χ1v) is 12.0. The van der Waals surface area contributed by atoms with Crippen molar-refractivity contribution >= 4 is 29.2 Å². The summed E-state index contributed by atoms with van der Waals surface area (Å²) in [7, 11) is 0. The first kappa shape index (κ1) is 23.5. The zero-order chi connectivity index (χ0) is 23.4. The highest BCUT2D eigenvalue weighted by atomic mass is 35.5. The van der Waals surface area contributed by atoms with Gasteiger partial charge in [-0.05, 0) is 44.9 Å². The Morgan fingerprint density at radius 3 is 2.61 bits per heavy atom. The fourth-order valence-electron chi connectivity index (χ4n) is 4.58. The van der Waals surface area contributed by atoms with E-state index < -0.39 is 0 Å². The number of likely N-dealkylation sites (tertiary alicyclic amines) is 1. The Morgan fingerprint density at radius 2 is 1.88 bits per heavy atom. The molecular weight excluding hydrogens is 438 g/mol. The van der Waals surface area contributed by atoms with Gasteiger partial charge in [-0.1, -0.05) is 66.0 Å². The van der Waals surface area contributed by atoms with Crippen molar-refractivity contribution in [3.8, 4) is 0 Å². The predicted molar refractivity (Wildman–Crippen MR) is 129 cm³/mol. The predicted octanol–water partition coefficient (Wildman–Crippen LogP) is 4.74. The molecule has 7 heteroatoms. The summed E-state index contributed by atoms with van der Waals surface area (Å²) in [5.74, 6) is -0.374. The van der Waals surface area contributed by atoms with Gasteiger partial charge < -0.3 is 4.74 Å². The molecular formula is C26H30ClN3O3. The van der Waals surface area contributed by atoms with E-state index in [9.17, 15) is 9.59 Å². The van der Waals surface area contributed by atoms with Gasteiger partial charge in [0.2, 0.25) is 0 Å². The van der Waals surface area contributed by atoms with Gasteiger partial charge in [0.05, 0.1) is 24.9 Å². The third-order valence-corrected chi connectivity index (χ3v) is 6.65. The molecule has 2 atom stereocenters. The lowest BCUT2D eigenvalue weighted by atomic mass is 9.97. The lowest BCUT2D eigenvalue weighted by Gasteiger charge is -2.34. The second-order valence-corrected chi connectivity index (χ2v) is 9.04. The van der Waals surface area contributed by atoms with Crippen LogP contribution in [0.15, 0.2) is 53.6 Å². The molecule has 4 rings (SSSR count). The summed E-state index contributed by atoms with van der Waals surface area (Å²) in [6, 6.07) is 15.2. The fourth-order valence-corrected chi connectivity index (χ4v) is 4.82. The van der Waals surface area contributed by atoms with Gasteiger partial charge in [-0.25, -0.2) is 5.01 Å². The molecule has 0 radical (unpaired) electrons. The summed E-state index contributed by atoms with van der Waals surface area (Å²) in [6.07, 6.45) is 3.21. The number of amides is 1. The van der Waals surface area contributed by atoms with Crippen LogP contribution < -0.4 is 0 Å². The number of halogens is 1. The van der Waals surface area contributed by atoms with Crippen LogP contribution in [-0.2, 0) is 14.3 Å². The Balaban J connectivity index is 1.60. The molecule has 1 amide bonds. The van der Waals surface area contributed by atoms with Crippen LogP contribution in [0.2, 0.25) is 5.02 Å². The maximum Gasteiger partial charge on any atom is 0.323 e. The molecule has 1 fully saturated rings. The van der Waals surface area contributed by atoms with E-state index in [2.05, 4.69) is 0 Å². The number of piperidine rings is 1. The van der Waals surface area contributed by atoms with Crippen molar-refractivity contribution in [2.45, 2.75) is 51.6 Å². The van der Waals surface area contributed by atoms with Gasteiger partial charge in [0.15, 0.2) is 0 Å². The topological polar surface area (TPSA) is 62.2 Å². The van der Waals surface area contributed by atoms with Crippen LogP contribution in [0.3, 0.4) is 0 Å². The van der Waals surface area contributed by atoms with Crippen molar-refractivity contribution in [2.24, 2.45) is 5.10 Å². The van der Waals surface area contributed by atoms with Crippen LogP contribution in [0.1, 0.15) is 55.3 Å². The van der Waals surface area contributed by atoms with Crippen molar-refractivity contribution in [2.75, 3.05) is 19.7 Å². The number of hydrogen-bond donors (Lipinski definition) is 0. The van der Waals surface area contributed by atoms with E-state index in [4.69, 9.17) is 21.4 Å². The maximum absolute atomic E-state index is 13.5. The van der Waals surface area contributed by atoms with Crippen molar-refractivity contribution in [1.29, 1.82) is 0 Å². The molecule has 0 aliphatic carbocycles. The minimum absolute atomic E-state index is 0.126. The summed E-state index contributed by atoms with van der Waals surface area (Å²) in [4.78, 5) is 28.0. The minimum atomic E-state index is -0.380. The molecule has 2 aliphatic heterocycles. The van der Waals surface area contributed by atoms with Crippen LogP contribution in [0.5, 0.6) is 0 Å². The summed E-state index contributed by atoms with van der Waals surface area (Å²) in [6.45, 7) is 5.01. The molecule has 6 nitrogen and oxygen atoms in total. The Bertz CT molecular complexity index is 1040. The number of hydrogen-bond acceptors (Lipinski definition) is 5. The molecule has 2 unspecified atom stereocenters. The van der Waals surface area contributed by atoms with Gasteiger partial charge in [-0.15, -0.1) is 0 Å². The zero-order valence-corrected chi connectivity index (χ0v) is 19.9. The molecule has 0 bridgehead atoms. The average molecular weight is 468 g/mol. The smallest absolute Gasteiger partial charge is 0.323 e. The van der Waals surface area contributed by atoms with E-state index in [0.717, 1.165) is 35.2 Å². The van der Waals surface area contributed by atoms with Crippen LogP contribution in [0.25, 0.3) is 0 Å². The molecule has 0 N–H and O–H groups in total. The Kier molecular flexibility index (Phi) is 7.46. The molecule has 0 aromatic heterocycles. The number of aryl methyl sites for hydroxylation is 1. The largest absolute Gasteiger partial charge is 0.465 e. The molecule has 2 aliphatic rings. The fraction of sp³-hybridized carbons (Fsp3) is 0.423. The van der Waals surface area contributed by atoms with E-state index in [1.165, 1.54) is 0 Å². The number of benzene rings is 2. The molecule has 174 valence electrons. The van der Waals surface area contributed by atoms with Crippen LogP contribution in [0.4, 0.5) is 0 Å². The highest BCUT2D eigenvalue weighted by molar-refractivity contribution is 6.34. The van der Waals surface area contributed by atoms with Gasteiger partial charge in [0.1, 0.15) is 6.04 Å². The Hall–Kier alpha value is -2.70. The highest BCUT2D eigenvalue weighted by Crippen LogP contribution is 2.35. The number of carbonyl (C=O) groups excluding carboxylic acids is 2. The molecule has 1 saturated heterocycles. The standard InChI is InChI=1S/C26H30ClN3O3/c1-3-33-26(32)23-10-6-7-15-29(23)17-25(31)30-24(19-13-11-18(2)12-14-19)16-22(28-30)20-8-4-5-9-21(20)27/h4-5,8-9,11-14,23-24H,3,6-7,10,15-17H2,1-2H3. The summed E-state index contributed by atoms with van der Waals surface area (Å²) in [5, 5.41) is 6.94. The monoisotopic (exact) mass is 467 g/mol. The summed E-state index contributed by atoms with van der Waals surface area (Å²) in [5.41, 5.74) is 3.82. The molecule has 0 spiro atoms. The van der Waals surface area contributed by atoms with Gasteiger partial charge in [-0.3, -0.25) is 14.5 Å². The minimum Gasteiger partial charge on any atom is -0.465 e. The van der Waals surface area contributed by atoms with E-state index in [-0.39, 0.29) is 30.5 Å². The number of rotatable bonds is 6. The van der Waals surface area contributed by atoms with Crippen LogP contribution in [-0.4, -0.2) is 53.2 Å². The molecule has 2 aromatic rings. The molecule has 2 aromatic carbocycles. The molecule has 33 heavy (non-hydrogen) atoms. The zero-order valence-electron chi connectivity index (χ0n) is 19.2. The van der Waals surface area contributed by atoms with Gasteiger partial charge >= 0.3 is 5.97 Å². The average Bonchev–Trinajstić information content (AvgIpc) is 3.26. The lowest BCUT2D eigenvalue weighted by molar-refractivity contribution is -0.152. The number of carbonyl (C=O) groups is 2. The van der Waals surface area contributed by atoms with E-state index >= 15 is 0 Å². The van der Waals surface area contributed by atoms with Crippen LogP contribution >= 0.6 is 11.6 Å². The first-order valence-electron chi connectivity index (χ1n) is 11.6. The number of esters is 1. The second-order valence-electron chi connectivity index (χ2n) is 8.63. The van der Waals surface area contributed by atoms with Crippen molar-refractivity contribution in [3.05, 3.63) is 70.2 Å². The number of hydrazone groups is 1. The lowest BCUT2D eigenvalue weighted by Crippen LogP contribution is -2.49. The van der Waals surface area contributed by atoms with E-state index in [1.807, 2.05) is 60.4 Å². The van der Waals surface area contributed by atoms with Gasteiger partial charge in [0.25, 0.3) is 5.91 Å². The first-order chi connectivity index (χ1) is 16.0. The van der Waals surface area contributed by atoms with E-state index in [0.29, 0.717) is 31.0 Å². The van der Waals surface area contributed by atoms with Gasteiger partial charge in [0, 0.05) is 17.0 Å². The van der Waals surface area contributed by atoms with Crippen molar-refractivity contribution in [1.82, 2.24) is 9.91 Å². The third kappa shape index (κ3) is 5.28. The normalized spacial score (nSPS) is 21.1. The summed E-state index contributed by atoms with van der Waals surface area (Å²) >= 11 is 6.44. The highest BCUT2D eigenvalue weighted by Gasteiger charge is 2.37. The Morgan fingerprint density at radius 1 is 1.12 bits per heavy atom.